The number of hydrogen-bond acceptors (Lipinski definition) is 3. The van der Waals surface area contributed by atoms with Crippen molar-refractivity contribution >= 4 is 19.7 Å². The van der Waals surface area contributed by atoms with Gasteiger partial charge in [-0.15, -0.1) is 0 Å². The molecule has 6 heteroatoms. The van der Waals surface area contributed by atoms with Crippen molar-refractivity contribution in [1.82, 2.24) is 0 Å². The fourth-order valence-electron chi connectivity index (χ4n) is 1.36. The van der Waals surface area contributed by atoms with E-state index in [2.05, 4.69) is 0 Å². The molecule has 14 heavy (non-hydrogen) atoms. The van der Waals surface area contributed by atoms with E-state index in [1.165, 1.54) is 6.07 Å². The van der Waals surface area contributed by atoms with Crippen LogP contribution < -0.4 is 4.74 Å². The molecule has 1 aromatic rings. The Hall–Kier alpha value is -0.810. The highest BCUT2D eigenvalue weighted by Crippen LogP contribution is 2.31. The Morgan fingerprint density at radius 1 is 1.43 bits per heavy atom. The molecule has 0 atom stereocenters. The molecule has 0 saturated heterocycles. The fourth-order valence-corrected chi connectivity index (χ4v) is 2.29. The SMILES string of the molecule is O=S(=O)(Cl)c1cc2c(cc1F)OCC2. The van der Waals surface area contributed by atoms with Crippen molar-refractivity contribution < 1.29 is 17.5 Å². The van der Waals surface area contributed by atoms with Gasteiger partial charge in [-0.1, -0.05) is 0 Å². The molecule has 2 rings (SSSR count). The summed E-state index contributed by atoms with van der Waals surface area (Å²) in [5, 5.41) is 0. The number of rotatable bonds is 1. The van der Waals surface area contributed by atoms with Crippen molar-refractivity contribution in [3.8, 4) is 5.75 Å². The molecule has 3 nitrogen and oxygen atoms in total. The predicted molar refractivity (Wildman–Crippen MR) is 48.6 cm³/mol. The molecule has 0 aliphatic carbocycles. The zero-order valence-corrected chi connectivity index (χ0v) is 8.53. The van der Waals surface area contributed by atoms with E-state index in [1.54, 1.807) is 0 Å². The molecule has 0 spiro atoms. The number of benzene rings is 1. The number of fused-ring (bicyclic) bond motifs is 1. The first-order valence-corrected chi connectivity index (χ1v) is 6.19. The van der Waals surface area contributed by atoms with Crippen LogP contribution in [0, 0.1) is 5.82 Å². The van der Waals surface area contributed by atoms with Gasteiger partial charge in [-0.25, -0.2) is 12.8 Å². The van der Waals surface area contributed by atoms with Gasteiger partial charge in [-0.05, 0) is 11.6 Å². The van der Waals surface area contributed by atoms with Crippen molar-refractivity contribution in [2.24, 2.45) is 0 Å². The smallest absolute Gasteiger partial charge is 0.264 e. The topological polar surface area (TPSA) is 43.4 Å². The first-order chi connectivity index (χ1) is 6.48. The standard InChI is InChI=1S/C8H6ClFO3S/c9-14(11,12)8-3-5-1-2-13-7(5)4-6(8)10/h3-4H,1-2H2. The monoisotopic (exact) mass is 236 g/mol. The lowest BCUT2D eigenvalue weighted by Gasteiger charge is -2.02. The van der Waals surface area contributed by atoms with Gasteiger partial charge < -0.3 is 4.74 Å². The number of hydrogen-bond donors (Lipinski definition) is 0. The van der Waals surface area contributed by atoms with E-state index in [-0.39, 0.29) is 0 Å². The van der Waals surface area contributed by atoms with E-state index in [4.69, 9.17) is 15.4 Å². The van der Waals surface area contributed by atoms with Crippen LogP contribution in [-0.2, 0) is 15.5 Å². The molecule has 0 fully saturated rings. The number of ether oxygens (including phenoxy) is 1. The van der Waals surface area contributed by atoms with Gasteiger partial charge in [0.05, 0.1) is 6.61 Å². The summed E-state index contributed by atoms with van der Waals surface area (Å²) in [5.74, 6) is -0.479. The summed E-state index contributed by atoms with van der Waals surface area (Å²) >= 11 is 0. The van der Waals surface area contributed by atoms with Gasteiger partial charge in [-0.3, -0.25) is 0 Å². The molecule has 1 aliphatic heterocycles. The number of halogens is 2. The van der Waals surface area contributed by atoms with E-state index in [9.17, 15) is 12.8 Å². The third-order valence-electron chi connectivity index (χ3n) is 2.01. The van der Waals surface area contributed by atoms with Crippen molar-refractivity contribution in [2.75, 3.05) is 6.61 Å². The summed E-state index contributed by atoms with van der Waals surface area (Å²) < 4.78 is 40.1. The lowest BCUT2D eigenvalue weighted by Crippen LogP contribution is -1.96. The second-order valence-corrected chi connectivity index (χ2v) is 5.46. The fraction of sp³-hybridized carbons (Fsp3) is 0.250. The molecule has 1 aromatic carbocycles. The summed E-state index contributed by atoms with van der Waals surface area (Å²) in [5.41, 5.74) is 0.672. The Morgan fingerprint density at radius 3 is 2.79 bits per heavy atom. The minimum absolute atomic E-state index is 0.395. The summed E-state index contributed by atoms with van der Waals surface area (Å²) in [6, 6.07) is 2.28. The molecular formula is C8H6ClFO3S. The minimum Gasteiger partial charge on any atom is -0.493 e. The second kappa shape index (κ2) is 3.10. The lowest BCUT2D eigenvalue weighted by molar-refractivity contribution is 0.355. The van der Waals surface area contributed by atoms with Gasteiger partial charge in [0, 0.05) is 23.2 Å². The third-order valence-corrected chi connectivity index (χ3v) is 3.34. The van der Waals surface area contributed by atoms with Crippen molar-refractivity contribution in [3.05, 3.63) is 23.5 Å². The summed E-state index contributed by atoms with van der Waals surface area (Å²) in [6.07, 6.45) is 0.578. The van der Waals surface area contributed by atoms with Crippen molar-refractivity contribution in [1.29, 1.82) is 0 Å². The second-order valence-electron chi connectivity index (χ2n) is 2.93. The van der Waals surface area contributed by atoms with Crippen molar-refractivity contribution in [3.63, 3.8) is 0 Å². The third kappa shape index (κ3) is 1.57. The van der Waals surface area contributed by atoms with Crippen LogP contribution in [0.1, 0.15) is 5.56 Å². The van der Waals surface area contributed by atoms with E-state index < -0.39 is 19.8 Å². The first kappa shape index (κ1) is 9.73. The van der Waals surface area contributed by atoms with E-state index in [0.717, 1.165) is 6.07 Å². The average Bonchev–Trinajstić information content (AvgIpc) is 2.47. The van der Waals surface area contributed by atoms with Gasteiger partial charge in [0.1, 0.15) is 16.5 Å². The molecule has 0 saturated carbocycles. The molecule has 0 bridgehead atoms. The van der Waals surface area contributed by atoms with Crippen molar-refractivity contribution in [2.45, 2.75) is 11.3 Å². The van der Waals surface area contributed by atoms with Gasteiger partial charge in [0.2, 0.25) is 0 Å². The molecule has 0 aromatic heterocycles. The highest BCUT2D eigenvalue weighted by molar-refractivity contribution is 8.13. The maximum absolute atomic E-state index is 13.2. The Bertz CT molecular complexity index is 484. The highest BCUT2D eigenvalue weighted by atomic mass is 35.7. The molecule has 0 unspecified atom stereocenters. The summed E-state index contributed by atoms with van der Waals surface area (Å²) in [4.78, 5) is -0.483. The van der Waals surface area contributed by atoms with Gasteiger partial charge >= 0.3 is 0 Å². The quantitative estimate of drug-likeness (QED) is 0.697. The summed E-state index contributed by atoms with van der Waals surface area (Å²) in [7, 11) is 1.04. The van der Waals surface area contributed by atoms with Crippen LogP contribution in [0.3, 0.4) is 0 Å². The van der Waals surface area contributed by atoms with Gasteiger partial charge in [0.25, 0.3) is 9.05 Å². The Labute approximate surface area is 84.9 Å². The van der Waals surface area contributed by atoms with Crippen LogP contribution in [0.4, 0.5) is 4.39 Å². The first-order valence-electron chi connectivity index (χ1n) is 3.88. The summed E-state index contributed by atoms with van der Waals surface area (Å²) in [6.45, 7) is 0.445. The lowest BCUT2D eigenvalue weighted by atomic mass is 10.2. The average molecular weight is 237 g/mol. The Morgan fingerprint density at radius 2 is 2.14 bits per heavy atom. The van der Waals surface area contributed by atoms with Gasteiger partial charge in [-0.2, -0.15) is 0 Å². The van der Waals surface area contributed by atoms with Gasteiger partial charge in [0.15, 0.2) is 0 Å². The maximum Gasteiger partial charge on any atom is 0.264 e. The van der Waals surface area contributed by atoms with Crippen LogP contribution in [0.25, 0.3) is 0 Å². The molecule has 76 valence electrons. The molecular weight excluding hydrogens is 231 g/mol. The molecule has 0 radical (unpaired) electrons. The molecule has 1 heterocycles. The van der Waals surface area contributed by atoms with Crippen LogP contribution >= 0.6 is 10.7 Å². The maximum atomic E-state index is 13.2. The largest absolute Gasteiger partial charge is 0.493 e. The van der Waals surface area contributed by atoms with Crippen LogP contribution in [0.15, 0.2) is 17.0 Å². The van der Waals surface area contributed by atoms with Crippen LogP contribution in [-0.4, -0.2) is 15.0 Å². The highest BCUT2D eigenvalue weighted by Gasteiger charge is 2.22. The van der Waals surface area contributed by atoms with E-state index in [1.807, 2.05) is 0 Å². The van der Waals surface area contributed by atoms with Crippen LogP contribution in [0.2, 0.25) is 0 Å². The molecule has 1 aliphatic rings. The molecule has 0 N–H and O–H groups in total. The Kier molecular flexibility index (Phi) is 2.16. The molecule has 0 amide bonds. The van der Waals surface area contributed by atoms with E-state index in [0.29, 0.717) is 24.3 Å². The zero-order valence-electron chi connectivity index (χ0n) is 6.96. The van der Waals surface area contributed by atoms with Crippen LogP contribution in [0.5, 0.6) is 5.75 Å². The normalized spacial score (nSPS) is 15.0. The zero-order chi connectivity index (χ0) is 10.3. The Balaban J connectivity index is 2.65. The predicted octanol–water partition coefficient (Wildman–Crippen LogP) is 1.69. The minimum atomic E-state index is -4.01. The van der Waals surface area contributed by atoms with E-state index >= 15 is 0 Å².